The van der Waals surface area contributed by atoms with Crippen LogP contribution in [0, 0.1) is 11.8 Å². The van der Waals surface area contributed by atoms with Crippen LogP contribution in [-0.4, -0.2) is 30.9 Å². The van der Waals surface area contributed by atoms with Crippen molar-refractivity contribution in [2.45, 2.75) is 31.0 Å². The molecule has 0 amide bonds. The van der Waals surface area contributed by atoms with Crippen molar-refractivity contribution in [3.63, 3.8) is 0 Å². The molecule has 0 spiro atoms. The first-order valence-electron chi connectivity index (χ1n) is 6.31. The van der Waals surface area contributed by atoms with Crippen molar-refractivity contribution >= 4 is 10.0 Å². The second-order valence-corrected chi connectivity index (χ2v) is 7.02. The SMILES string of the molecule is O=S(=O)(c1ccc(CO)o1)N1CC2CCCC2C1. The van der Waals surface area contributed by atoms with E-state index in [-0.39, 0.29) is 17.5 Å². The Labute approximate surface area is 106 Å². The summed E-state index contributed by atoms with van der Waals surface area (Å²) in [5, 5.41) is 8.86. The molecule has 0 radical (unpaired) electrons. The van der Waals surface area contributed by atoms with Gasteiger partial charge in [-0.15, -0.1) is 0 Å². The molecule has 1 saturated heterocycles. The van der Waals surface area contributed by atoms with Gasteiger partial charge in [-0.05, 0) is 36.8 Å². The maximum Gasteiger partial charge on any atom is 0.276 e. The number of hydrogen-bond donors (Lipinski definition) is 1. The molecule has 100 valence electrons. The summed E-state index contributed by atoms with van der Waals surface area (Å²) in [5.41, 5.74) is 0. The highest BCUT2D eigenvalue weighted by molar-refractivity contribution is 7.89. The molecule has 2 heterocycles. The number of aliphatic hydroxyl groups is 1. The molecule has 1 aliphatic heterocycles. The van der Waals surface area contributed by atoms with Gasteiger partial charge >= 0.3 is 0 Å². The molecule has 0 aromatic carbocycles. The van der Waals surface area contributed by atoms with Crippen molar-refractivity contribution in [3.05, 3.63) is 17.9 Å². The average Bonchev–Trinajstić information content (AvgIpc) is 3.03. The van der Waals surface area contributed by atoms with Gasteiger partial charge in [0.05, 0.1) is 0 Å². The van der Waals surface area contributed by atoms with Crippen molar-refractivity contribution < 1.29 is 17.9 Å². The Hall–Kier alpha value is -0.850. The van der Waals surface area contributed by atoms with E-state index in [4.69, 9.17) is 9.52 Å². The van der Waals surface area contributed by atoms with Gasteiger partial charge in [0, 0.05) is 13.1 Å². The first-order valence-corrected chi connectivity index (χ1v) is 7.75. The summed E-state index contributed by atoms with van der Waals surface area (Å²) in [5.74, 6) is 1.33. The number of sulfonamides is 1. The van der Waals surface area contributed by atoms with Gasteiger partial charge in [0.1, 0.15) is 12.4 Å². The number of hydrogen-bond acceptors (Lipinski definition) is 4. The normalized spacial score (nSPS) is 28.7. The zero-order chi connectivity index (χ0) is 12.8. The fraction of sp³-hybridized carbons (Fsp3) is 0.667. The molecule has 18 heavy (non-hydrogen) atoms. The van der Waals surface area contributed by atoms with Gasteiger partial charge in [-0.1, -0.05) is 6.42 Å². The molecule has 0 bridgehead atoms. The quantitative estimate of drug-likeness (QED) is 0.896. The number of rotatable bonds is 3. The maximum atomic E-state index is 12.3. The van der Waals surface area contributed by atoms with Crippen molar-refractivity contribution in [2.24, 2.45) is 11.8 Å². The van der Waals surface area contributed by atoms with E-state index >= 15 is 0 Å². The Morgan fingerprint density at radius 1 is 1.28 bits per heavy atom. The number of furan rings is 1. The minimum absolute atomic E-state index is 0.0495. The Kier molecular flexibility index (Phi) is 2.96. The lowest BCUT2D eigenvalue weighted by Gasteiger charge is -2.15. The first kappa shape index (κ1) is 12.2. The van der Waals surface area contributed by atoms with Gasteiger partial charge in [0.25, 0.3) is 10.0 Å². The molecule has 2 atom stereocenters. The summed E-state index contributed by atoms with van der Waals surface area (Å²) in [6.07, 6.45) is 3.49. The number of aliphatic hydroxyl groups excluding tert-OH is 1. The fourth-order valence-corrected chi connectivity index (χ4v) is 4.58. The lowest BCUT2D eigenvalue weighted by atomic mass is 10.0. The van der Waals surface area contributed by atoms with E-state index < -0.39 is 10.0 Å². The number of fused-ring (bicyclic) bond motifs is 1. The highest BCUT2D eigenvalue weighted by Gasteiger charge is 2.42. The van der Waals surface area contributed by atoms with Gasteiger partial charge in [-0.25, -0.2) is 8.42 Å². The van der Waals surface area contributed by atoms with E-state index in [1.807, 2.05) is 0 Å². The molecular formula is C12H17NO4S. The monoisotopic (exact) mass is 271 g/mol. The smallest absolute Gasteiger partial charge is 0.276 e. The lowest BCUT2D eigenvalue weighted by molar-refractivity contribution is 0.235. The Balaban J connectivity index is 1.82. The summed E-state index contributed by atoms with van der Waals surface area (Å²) in [6.45, 7) is 0.949. The summed E-state index contributed by atoms with van der Waals surface area (Å²) < 4.78 is 31.4. The van der Waals surface area contributed by atoms with Gasteiger partial charge < -0.3 is 9.52 Å². The zero-order valence-corrected chi connectivity index (χ0v) is 10.9. The van der Waals surface area contributed by atoms with Crippen LogP contribution in [0.2, 0.25) is 0 Å². The van der Waals surface area contributed by atoms with Gasteiger partial charge in [0.2, 0.25) is 5.09 Å². The van der Waals surface area contributed by atoms with Crippen molar-refractivity contribution in [1.82, 2.24) is 4.31 Å². The van der Waals surface area contributed by atoms with Crippen LogP contribution in [0.25, 0.3) is 0 Å². The molecule has 2 aliphatic rings. The van der Waals surface area contributed by atoms with Crippen LogP contribution in [0.1, 0.15) is 25.0 Å². The van der Waals surface area contributed by atoms with Gasteiger partial charge in [-0.2, -0.15) is 4.31 Å². The third kappa shape index (κ3) is 1.88. The average molecular weight is 271 g/mol. The molecule has 1 N–H and O–H groups in total. The highest BCUT2D eigenvalue weighted by Crippen LogP contribution is 2.39. The maximum absolute atomic E-state index is 12.3. The van der Waals surface area contributed by atoms with Crippen molar-refractivity contribution in [3.8, 4) is 0 Å². The van der Waals surface area contributed by atoms with E-state index in [1.165, 1.54) is 22.9 Å². The Bertz CT molecular complexity index is 524. The minimum atomic E-state index is -3.51. The molecular weight excluding hydrogens is 254 g/mol. The van der Waals surface area contributed by atoms with Crippen LogP contribution in [0.4, 0.5) is 0 Å². The second-order valence-electron chi connectivity index (χ2n) is 5.15. The summed E-state index contributed by atoms with van der Waals surface area (Å²) >= 11 is 0. The molecule has 2 fully saturated rings. The summed E-state index contributed by atoms with van der Waals surface area (Å²) in [4.78, 5) is 0. The molecule has 5 nitrogen and oxygen atoms in total. The van der Waals surface area contributed by atoms with Crippen molar-refractivity contribution in [1.29, 1.82) is 0 Å². The van der Waals surface area contributed by atoms with Crippen LogP contribution in [0.15, 0.2) is 21.6 Å². The summed E-state index contributed by atoms with van der Waals surface area (Å²) in [6, 6.07) is 2.93. The summed E-state index contributed by atoms with van der Waals surface area (Å²) in [7, 11) is -3.51. The van der Waals surface area contributed by atoms with Crippen LogP contribution in [0.3, 0.4) is 0 Å². The number of nitrogens with zero attached hydrogens (tertiary/aromatic N) is 1. The van der Waals surface area contributed by atoms with Crippen molar-refractivity contribution in [2.75, 3.05) is 13.1 Å². The van der Waals surface area contributed by atoms with Crippen LogP contribution in [-0.2, 0) is 16.6 Å². The third-order valence-electron chi connectivity index (χ3n) is 4.08. The topological polar surface area (TPSA) is 70.8 Å². The van der Waals surface area contributed by atoms with E-state index in [1.54, 1.807) is 0 Å². The predicted molar refractivity (Wildman–Crippen MR) is 64.2 cm³/mol. The van der Waals surface area contributed by atoms with Crippen LogP contribution >= 0.6 is 0 Å². The third-order valence-corrected chi connectivity index (χ3v) is 5.79. The fourth-order valence-electron chi connectivity index (χ4n) is 3.10. The van der Waals surface area contributed by atoms with Gasteiger partial charge in [-0.3, -0.25) is 0 Å². The van der Waals surface area contributed by atoms with Gasteiger partial charge in [0.15, 0.2) is 0 Å². The minimum Gasteiger partial charge on any atom is -0.446 e. The highest BCUT2D eigenvalue weighted by atomic mass is 32.2. The largest absolute Gasteiger partial charge is 0.446 e. The Morgan fingerprint density at radius 2 is 1.94 bits per heavy atom. The molecule has 2 unspecified atom stereocenters. The molecule has 3 rings (SSSR count). The standard InChI is InChI=1S/C12H17NO4S/c14-8-11-4-5-12(17-11)18(15,16)13-6-9-2-1-3-10(9)7-13/h4-5,9-10,14H,1-3,6-8H2. The molecule has 6 heteroatoms. The van der Waals surface area contributed by atoms with Crippen LogP contribution in [0.5, 0.6) is 0 Å². The molecule has 1 aliphatic carbocycles. The zero-order valence-electron chi connectivity index (χ0n) is 10.1. The second kappa shape index (κ2) is 4.36. The first-order chi connectivity index (χ1) is 8.61. The van der Waals surface area contributed by atoms with E-state index in [9.17, 15) is 8.42 Å². The Morgan fingerprint density at radius 3 is 2.50 bits per heavy atom. The predicted octanol–water partition coefficient (Wildman–Crippen LogP) is 1.19. The van der Waals surface area contributed by atoms with Crippen LogP contribution < -0.4 is 0 Å². The molecule has 1 saturated carbocycles. The molecule has 1 aromatic heterocycles. The molecule has 1 aromatic rings. The lowest BCUT2D eigenvalue weighted by Crippen LogP contribution is -2.29. The van der Waals surface area contributed by atoms with E-state index in [0.29, 0.717) is 24.9 Å². The van der Waals surface area contributed by atoms with E-state index in [0.717, 1.165) is 12.8 Å². The van der Waals surface area contributed by atoms with E-state index in [2.05, 4.69) is 0 Å².